The molecule has 0 amide bonds. The van der Waals surface area contributed by atoms with E-state index in [4.69, 9.17) is 0 Å². The molecule has 1 aliphatic carbocycles. The summed E-state index contributed by atoms with van der Waals surface area (Å²) in [7, 11) is 0. The van der Waals surface area contributed by atoms with Gasteiger partial charge in [-0.15, -0.1) is 5.10 Å². The van der Waals surface area contributed by atoms with Gasteiger partial charge in [0.05, 0.1) is 17.0 Å². The largest absolute Gasteiger partial charge is 0.389 e. The molecule has 100 valence electrons. The Morgan fingerprint density at radius 1 is 1.47 bits per heavy atom. The van der Waals surface area contributed by atoms with Gasteiger partial charge in [-0.1, -0.05) is 6.07 Å². The second kappa shape index (κ2) is 4.90. The summed E-state index contributed by atoms with van der Waals surface area (Å²) in [6, 6.07) is 5.06. The lowest BCUT2D eigenvalue weighted by Crippen LogP contribution is -1.99. The van der Waals surface area contributed by atoms with Gasteiger partial charge in [-0.05, 0) is 59.7 Å². The monoisotopic (exact) mass is 280 g/mol. The van der Waals surface area contributed by atoms with E-state index in [0.717, 1.165) is 12.8 Å². The first-order valence-electron chi connectivity index (χ1n) is 6.08. The van der Waals surface area contributed by atoms with E-state index in [1.807, 2.05) is 0 Å². The van der Waals surface area contributed by atoms with Gasteiger partial charge in [0.2, 0.25) is 5.16 Å². The maximum Gasteiger partial charge on any atom is 0.214 e. The molecule has 1 atom stereocenters. The van der Waals surface area contributed by atoms with Crippen molar-refractivity contribution in [3.05, 3.63) is 29.6 Å². The summed E-state index contributed by atoms with van der Waals surface area (Å²) in [6.07, 6.45) is 1.47. The summed E-state index contributed by atoms with van der Waals surface area (Å²) in [5.74, 6) is -0.367. The third kappa shape index (κ3) is 2.62. The molecule has 1 aromatic heterocycles. The zero-order chi connectivity index (χ0) is 13.4. The molecule has 1 N–H and O–H groups in total. The van der Waals surface area contributed by atoms with Crippen LogP contribution in [0.5, 0.6) is 0 Å². The molecule has 1 aromatic carbocycles. The van der Waals surface area contributed by atoms with Gasteiger partial charge in [0, 0.05) is 0 Å². The minimum atomic E-state index is -0.676. The molecular weight excluding hydrogens is 267 g/mol. The average Bonchev–Trinajstić information content (AvgIpc) is 3.12. The summed E-state index contributed by atoms with van der Waals surface area (Å²) in [6.45, 7) is 1.61. The topological polar surface area (TPSA) is 63.8 Å². The van der Waals surface area contributed by atoms with Crippen LogP contribution in [0.25, 0.3) is 0 Å². The van der Waals surface area contributed by atoms with Crippen LogP contribution in [0.1, 0.15) is 37.5 Å². The van der Waals surface area contributed by atoms with Crippen LogP contribution in [-0.4, -0.2) is 25.3 Å². The van der Waals surface area contributed by atoms with Crippen molar-refractivity contribution in [3.8, 4) is 0 Å². The molecule has 3 rings (SSSR count). The van der Waals surface area contributed by atoms with E-state index in [2.05, 4.69) is 15.5 Å². The number of aliphatic hydroxyl groups is 1. The van der Waals surface area contributed by atoms with Crippen molar-refractivity contribution in [3.63, 3.8) is 0 Å². The summed E-state index contributed by atoms with van der Waals surface area (Å²) in [5.41, 5.74) is 0.559. The standard InChI is InChI=1S/C12H13FN4OS/c1-7(18)8-2-5-11(10(13)6-8)19-12-14-15-16-17(12)9-3-4-9/h2,5-7,9,18H,3-4H2,1H3. The van der Waals surface area contributed by atoms with Crippen molar-refractivity contribution in [1.29, 1.82) is 0 Å². The molecular formula is C12H13FN4OS. The van der Waals surface area contributed by atoms with Crippen LogP contribution in [0.15, 0.2) is 28.3 Å². The van der Waals surface area contributed by atoms with Crippen LogP contribution in [-0.2, 0) is 0 Å². The van der Waals surface area contributed by atoms with Crippen LogP contribution in [0, 0.1) is 5.82 Å². The molecule has 7 heteroatoms. The number of aromatic nitrogens is 4. The molecule has 2 aromatic rings. The van der Waals surface area contributed by atoms with Gasteiger partial charge in [-0.25, -0.2) is 9.07 Å². The Bertz CT molecular complexity index is 597. The Labute approximate surface area is 113 Å². The molecule has 1 fully saturated rings. The van der Waals surface area contributed by atoms with Crippen molar-refractivity contribution in [2.45, 2.75) is 42.0 Å². The van der Waals surface area contributed by atoms with Crippen LogP contribution in [0.3, 0.4) is 0 Å². The van der Waals surface area contributed by atoms with E-state index in [0.29, 0.717) is 21.7 Å². The number of aliphatic hydroxyl groups excluding tert-OH is 1. The van der Waals surface area contributed by atoms with E-state index in [1.54, 1.807) is 23.7 Å². The molecule has 0 aliphatic heterocycles. The Balaban J connectivity index is 1.84. The number of hydrogen-bond donors (Lipinski definition) is 1. The van der Waals surface area contributed by atoms with Crippen molar-refractivity contribution in [1.82, 2.24) is 20.2 Å². The molecule has 1 aliphatic rings. The number of benzene rings is 1. The lowest BCUT2D eigenvalue weighted by molar-refractivity contribution is 0.198. The highest BCUT2D eigenvalue weighted by atomic mass is 32.2. The van der Waals surface area contributed by atoms with E-state index >= 15 is 0 Å². The smallest absolute Gasteiger partial charge is 0.214 e. The van der Waals surface area contributed by atoms with Crippen LogP contribution in [0.4, 0.5) is 4.39 Å². The Hall–Kier alpha value is -1.47. The van der Waals surface area contributed by atoms with Gasteiger partial charge in [0.25, 0.3) is 0 Å². The van der Waals surface area contributed by atoms with E-state index in [-0.39, 0.29) is 5.82 Å². The lowest BCUT2D eigenvalue weighted by Gasteiger charge is -2.07. The Morgan fingerprint density at radius 3 is 2.89 bits per heavy atom. The Kier molecular flexibility index (Phi) is 3.24. The van der Waals surface area contributed by atoms with Gasteiger partial charge >= 0.3 is 0 Å². The van der Waals surface area contributed by atoms with Crippen molar-refractivity contribution >= 4 is 11.8 Å². The number of halogens is 1. The third-order valence-corrected chi connectivity index (χ3v) is 4.00. The lowest BCUT2D eigenvalue weighted by atomic mass is 10.1. The molecule has 0 spiro atoms. The van der Waals surface area contributed by atoms with Gasteiger partial charge < -0.3 is 5.11 Å². The number of rotatable bonds is 4. The fourth-order valence-corrected chi connectivity index (χ4v) is 2.60. The molecule has 0 saturated heterocycles. The van der Waals surface area contributed by atoms with Crippen molar-refractivity contribution in [2.24, 2.45) is 0 Å². The zero-order valence-corrected chi connectivity index (χ0v) is 11.1. The average molecular weight is 280 g/mol. The maximum atomic E-state index is 13.9. The van der Waals surface area contributed by atoms with E-state index in [9.17, 15) is 9.50 Å². The normalized spacial score (nSPS) is 16.6. The minimum absolute atomic E-state index is 0.359. The van der Waals surface area contributed by atoms with Crippen molar-refractivity contribution < 1.29 is 9.50 Å². The van der Waals surface area contributed by atoms with E-state index < -0.39 is 6.10 Å². The quantitative estimate of drug-likeness (QED) is 0.931. The molecule has 0 bridgehead atoms. The molecule has 1 heterocycles. The van der Waals surface area contributed by atoms with Crippen LogP contribution < -0.4 is 0 Å². The highest BCUT2D eigenvalue weighted by molar-refractivity contribution is 7.99. The number of nitrogens with zero attached hydrogens (tertiary/aromatic N) is 4. The first kappa shape index (κ1) is 12.6. The van der Waals surface area contributed by atoms with Gasteiger partial charge in [0.15, 0.2) is 0 Å². The Morgan fingerprint density at radius 2 is 2.26 bits per heavy atom. The second-order valence-corrected chi connectivity index (χ2v) is 5.61. The molecule has 5 nitrogen and oxygen atoms in total. The zero-order valence-electron chi connectivity index (χ0n) is 10.3. The summed E-state index contributed by atoms with van der Waals surface area (Å²) >= 11 is 1.21. The first-order valence-corrected chi connectivity index (χ1v) is 6.90. The highest BCUT2D eigenvalue weighted by Crippen LogP contribution is 2.38. The fourth-order valence-electron chi connectivity index (χ4n) is 1.76. The molecule has 1 saturated carbocycles. The summed E-state index contributed by atoms with van der Waals surface area (Å²) in [5, 5.41) is 21.5. The highest BCUT2D eigenvalue weighted by Gasteiger charge is 2.28. The third-order valence-electron chi connectivity index (χ3n) is 2.99. The summed E-state index contributed by atoms with van der Waals surface area (Å²) in [4.78, 5) is 0.459. The summed E-state index contributed by atoms with van der Waals surface area (Å²) < 4.78 is 15.7. The fraction of sp³-hybridized carbons (Fsp3) is 0.417. The van der Waals surface area contributed by atoms with Crippen LogP contribution >= 0.6 is 11.8 Å². The van der Waals surface area contributed by atoms with Gasteiger partial charge in [0.1, 0.15) is 5.82 Å². The SMILES string of the molecule is CC(O)c1ccc(Sc2nnnn2C2CC2)c(F)c1. The maximum absolute atomic E-state index is 13.9. The first-order chi connectivity index (χ1) is 9.15. The molecule has 19 heavy (non-hydrogen) atoms. The second-order valence-electron chi connectivity index (χ2n) is 4.61. The van der Waals surface area contributed by atoms with Crippen LogP contribution in [0.2, 0.25) is 0 Å². The number of hydrogen-bond acceptors (Lipinski definition) is 5. The van der Waals surface area contributed by atoms with Gasteiger partial charge in [-0.3, -0.25) is 0 Å². The molecule has 1 unspecified atom stereocenters. The predicted molar refractivity (Wildman–Crippen MR) is 67.2 cm³/mol. The molecule has 0 radical (unpaired) electrons. The predicted octanol–water partition coefficient (Wildman–Crippen LogP) is 2.35. The number of tetrazole rings is 1. The van der Waals surface area contributed by atoms with Gasteiger partial charge in [-0.2, -0.15) is 0 Å². The van der Waals surface area contributed by atoms with E-state index in [1.165, 1.54) is 17.8 Å². The minimum Gasteiger partial charge on any atom is -0.389 e. The van der Waals surface area contributed by atoms with Crippen molar-refractivity contribution in [2.75, 3.05) is 0 Å².